The van der Waals surface area contributed by atoms with Crippen LogP contribution < -0.4 is 14.9 Å². The first-order valence-electron chi connectivity index (χ1n) is 22.5. The second-order valence-corrected chi connectivity index (χ2v) is 16.1. The molecule has 1 aliphatic rings. The first-order valence-corrected chi connectivity index (χ1v) is 22.5. The number of hydrogen-bond donors (Lipinski definition) is 1. The average molecular weight is 947 g/mol. The molecule has 1 fully saturated rings. The van der Waals surface area contributed by atoms with Crippen LogP contribution in [0, 0.1) is 0 Å². The Morgan fingerprint density at radius 3 is 1.64 bits per heavy atom. The molecule has 0 bridgehead atoms. The molecule has 1 aromatic heterocycles. The summed E-state index contributed by atoms with van der Waals surface area (Å²) >= 11 is 0. The summed E-state index contributed by atoms with van der Waals surface area (Å²) in [6.45, 7) is 1.36. The number of benzene rings is 6. The highest BCUT2D eigenvalue weighted by molar-refractivity contribution is 5.92. The molecule has 1 saturated heterocycles. The van der Waals surface area contributed by atoms with E-state index in [1.165, 1.54) is 78.9 Å². The lowest BCUT2D eigenvalue weighted by molar-refractivity contribution is -0.275. The molecule has 70 heavy (non-hydrogen) atoms. The zero-order chi connectivity index (χ0) is 49.0. The van der Waals surface area contributed by atoms with Crippen molar-refractivity contribution in [1.29, 1.82) is 0 Å². The summed E-state index contributed by atoms with van der Waals surface area (Å²) in [5.74, 6) is -4.46. The van der Waals surface area contributed by atoms with Crippen molar-refractivity contribution in [3.05, 3.63) is 196 Å². The molecule has 2 heterocycles. The Balaban J connectivity index is 1.26. The molecule has 5 atom stereocenters. The smallest absolute Gasteiger partial charge is 0.338 e. The fraction of sp³-hybridized carbons (Fsp3) is 0.200. The second-order valence-electron chi connectivity index (χ2n) is 16.1. The van der Waals surface area contributed by atoms with E-state index in [2.05, 4.69) is 0 Å². The minimum Gasteiger partial charge on any atom is -0.508 e. The van der Waals surface area contributed by atoms with Gasteiger partial charge in [0.15, 0.2) is 17.6 Å². The van der Waals surface area contributed by atoms with Gasteiger partial charge in [0.1, 0.15) is 46.7 Å². The van der Waals surface area contributed by atoms with Gasteiger partial charge in [-0.05, 0) is 79.2 Å². The summed E-state index contributed by atoms with van der Waals surface area (Å²) in [6, 6.07) is 41.5. The van der Waals surface area contributed by atoms with Gasteiger partial charge in [-0.2, -0.15) is 0 Å². The highest BCUT2D eigenvalue weighted by Crippen LogP contribution is 2.37. The number of aromatic hydroxyl groups is 1. The van der Waals surface area contributed by atoms with E-state index < -0.39 is 72.6 Å². The van der Waals surface area contributed by atoms with Crippen LogP contribution in [0.25, 0.3) is 22.3 Å². The van der Waals surface area contributed by atoms with Crippen molar-refractivity contribution in [3.63, 3.8) is 0 Å². The number of hydrogen-bond acceptors (Lipinski definition) is 15. The van der Waals surface area contributed by atoms with Crippen molar-refractivity contribution in [1.82, 2.24) is 0 Å². The van der Waals surface area contributed by atoms with Crippen molar-refractivity contribution in [2.45, 2.75) is 63.3 Å². The zero-order valence-electron chi connectivity index (χ0n) is 37.7. The van der Waals surface area contributed by atoms with Gasteiger partial charge in [0.25, 0.3) is 0 Å². The van der Waals surface area contributed by atoms with E-state index in [0.717, 1.165) is 12.8 Å². The van der Waals surface area contributed by atoms with Gasteiger partial charge in [0.05, 0.1) is 22.3 Å². The van der Waals surface area contributed by atoms with E-state index in [1.54, 1.807) is 84.9 Å². The van der Waals surface area contributed by atoms with Crippen molar-refractivity contribution < 1.29 is 66.7 Å². The molecule has 15 heteroatoms. The summed E-state index contributed by atoms with van der Waals surface area (Å²) in [5, 5.41) is 9.84. The van der Waals surface area contributed by atoms with E-state index >= 15 is 0 Å². The molecule has 0 aliphatic carbocycles. The Hall–Kier alpha value is -8.56. The fourth-order valence-electron chi connectivity index (χ4n) is 7.59. The molecule has 1 aliphatic heterocycles. The van der Waals surface area contributed by atoms with Crippen molar-refractivity contribution in [2.24, 2.45) is 0 Å². The minimum atomic E-state index is -1.80. The van der Waals surface area contributed by atoms with E-state index in [0.29, 0.717) is 12.0 Å². The van der Waals surface area contributed by atoms with Crippen LogP contribution in [0.5, 0.6) is 17.2 Å². The SMILES string of the molecule is CCCCCC(=O)Oc1cc(O[C@@H]2O[C@H](COC(=O)c3ccccc3)[C@@H](OC(=O)c3ccccc3)[C@H](OC(=O)c3ccccc3)[C@H]2OC(=O)c2ccccc2)cc2oc(-c3ccc(O)cc3)cc(=O)c12. The topological polar surface area (TPSA) is 200 Å². The Bertz CT molecular complexity index is 2990. The number of phenolic OH excluding ortho intramolecular Hbond substituents is 1. The molecule has 0 amide bonds. The van der Waals surface area contributed by atoms with Crippen LogP contribution in [-0.4, -0.2) is 72.3 Å². The quantitative estimate of drug-likeness (QED) is 0.0392. The first-order chi connectivity index (χ1) is 34.0. The summed E-state index contributed by atoms with van der Waals surface area (Å²) in [7, 11) is 0. The molecule has 0 unspecified atom stereocenters. The monoisotopic (exact) mass is 946 g/mol. The first kappa shape index (κ1) is 47.9. The number of unbranched alkanes of at least 4 members (excludes halogenated alkanes) is 2. The molecular formula is C55H46O15. The molecule has 15 nitrogen and oxygen atoms in total. The van der Waals surface area contributed by atoms with Crippen molar-refractivity contribution >= 4 is 40.8 Å². The lowest BCUT2D eigenvalue weighted by Crippen LogP contribution is -2.63. The van der Waals surface area contributed by atoms with E-state index in [-0.39, 0.29) is 62.7 Å². The van der Waals surface area contributed by atoms with Crippen LogP contribution in [0.15, 0.2) is 173 Å². The Kier molecular flexibility index (Phi) is 15.4. The van der Waals surface area contributed by atoms with Crippen LogP contribution in [-0.2, 0) is 28.5 Å². The third-order valence-corrected chi connectivity index (χ3v) is 11.1. The standard InChI is InChI=1S/C55H46O15/c1-2-3-8-25-46(58)66-44-31-40(30-43-47(44)41(57)32-42(65-43)34-26-28-39(56)29-27-34)64-55-50(70-54(62)38-23-15-7-16-24-38)49(69-53(61)37-21-13-6-14-22-37)48(68-52(60)36-19-11-5-12-20-36)45(67-55)33-63-51(59)35-17-9-4-10-18-35/h4-7,9-24,26-32,45,48-50,55-56H,2-3,8,25,33H2,1H3/t45-,48-,49+,50-,55-/m1/s1. The molecule has 8 rings (SSSR count). The third kappa shape index (κ3) is 11.8. The van der Waals surface area contributed by atoms with Crippen molar-refractivity contribution in [3.8, 4) is 28.6 Å². The Morgan fingerprint density at radius 1 is 0.586 bits per heavy atom. The molecule has 0 radical (unpaired) electrons. The predicted octanol–water partition coefficient (Wildman–Crippen LogP) is 9.29. The van der Waals surface area contributed by atoms with Gasteiger partial charge in [-0.15, -0.1) is 0 Å². The maximum atomic E-state index is 14.2. The van der Waals surface area contributed by atoms with Crippen LogP contribution >= 0.6 is 0 Å². The van der Waals surface area contributed by atoms with Gasteiger partial charge in [-0.25, -0.2) is 19.2 Å². The molecule has 0 spiro atoms. The minimum absolute atomic E-state index is 0.0206. The maximum Gasteiger partial charge on any atom is 0.338 e. The largest absolute Gasteiger partial charge is 0.508 e. The lowest BCUT2D eigenvalue weighted by Gasteiger charge is -2.44. The van der Waals surface area contributed by atoms with Gasteiger partial charge in [-0.1, -0.05) is 92.6 Å². The van der Waals surface area contributed by atoms with Crippen LogP contribution in [0.2, 0.25) is 0 Å². The van der Waals surface area contributed by atoms with Gasteiger partial charge >= 0.3 is 29.8 Å². The fourth-order valence-corrected chi connectivity index (χ4v) is 7.59. The number of fused-ring (bicyclic) bond motifs is 1. The molecule has 0 saturated carbocycles. The van der Waals surface area contributed by atoms with Crippen LogP contribution in [0.3, 0.4) is 0 Å². The molecule has 6 aromatic carbocycles. The molecule has 7 aromatic rings. The highest BCUT2D eigenvalue weighted by atomic mass is 16.7. The van der Waals surface area contributed by atoms with Gasteiger partial charge in [0, 0.05) is 30.2 Å². The van der Waals surface area contributed by atoms with Gasteiger partial charge < -0.3 is 42.7 Å². The Labute approximate surface area is 401 Å². The summed E-state index contributed by atoms with van der Waals surface area (Å²) < 4.78 is 49.5. The number of phenols is 1. The number of carbonyl (C=O) groups is 5. The van der Waals surface area contributed by atoms with E-state index in [1.807, 2.05) is 6.92 Å². The van der Waals surface area contributed by atoms with Gasteiger partial charge in [0.2, 0.25) is 12.4 Å². The molecule has 356 valence electrons. The maximum absolute atomic E-state index is 14.2. The zero-order valence-corrected chi connectivity index (χ0v) is 37.7. The number of ether oxygens (including phenoxy) is 7. The Morgan fingerprint density at radius 2 is 1.10 bits per heavy atom. The van der Waals surface area contributed by atoms with E-state index in [9.17, 15) is 33.9 Å². The second kappa shape index (κ2) is 22.5. The molecule has 1 N–H and O–H groups in total. The number of carbonyl (C=O) groups excluding carboxylic acids is 5. The predicted molar refractivity (Wildman–Crippen MR) is 252 cm³/mol. The molecular weight excluding hydrogens is 901 g/mol. The summed E-state index contributed by atoms with van der Waals surface area (Å²) in [4.78, 5) is 83.0. The third-order valence-electron chi connectivity index (χ3n) is 11.1. The average Bonchev–Trinajstić information content (AvgIpc) is 3.38. The van der Waals surface area contributed by atoms with Crippen LogP contribution in [0.4, 0.5) is 0 Å². The summed E-state index contributed by atoms with van der Waals surface area (Å²) in [5.41, 5.74) is 0.202. The number of esters is 5. The van der Waals surface area contributed by atoms with Gasteiger partial charge in [-0.3, -0.25) is 9.59 Å². The lowest BCUT2D eigenvalue weighted by atomic mass is 9.97. The van der Waals surface area contributed by atoms with E-state index in [4.69, 9.17) is 37.6 Å². The van der Waals surface area contributed by atoms with Crippen LogP contribution in [0.1, 0.15) is 74.0 Å². The normalized spacial score (nSPS) is 17.4. The summed E-state index contributed by atoms with van der Waals surface area (Å²) in [6.07, 6.45) is -6.35. The van der Waals surface area contributed by atoms with Crippen molar-refractivity contribution in [2.75, 3.05) is 6.61 Å². The highest BCUT2D eigenvalue weighted by Gasteiger charge is 2.54. The number of rotatable bonds is 17.